The van der Waals surface area contributed by atoms with E-state index in [4.69, 9.17) is 9.47 Å². The molecular weight excluding hydrogens is 528 g/mol. The van der Waals surface area contributed by atoms with Crippen LogP contribution in [0, 0.1) is 11.6 Å². The molecule has 3 aromatic rings. The Balaban J connectivity index is 1.35. The largest absolute Gasteiger partial charge is 0.492 e. The van der Waals surface area contributed by atoms with Crippen molar-refractivity contribution in [3.8, 4) is 11.5 Å². The van der Waals surface area contributed by atoms with E-state index in [1.165, 1.54) is 36.4 Å². The zero-order chi connectivity index (χ0) is 24.1. The first kappa shape index (κ1) is 24.0. The number of halogens is 3. The Morgan fingerprint density at radius 1 is 0.912 bits per heavy atom. The molecule has 1 aliphatic rings. The number of carbonyl (C=O) groups excluding carboxylic acids is 2. The highest BCUT2D eigenvalue weighted by atomic mass is 79.9. The molecule has 0 bridgehead atoms. The van der Waals surface area contributed by atoms with E-state index < -0.39 is 5.91 Å². The highest BCUT2D eigenvalue weighted by Crippen LogP contribution is 2.34. The van der Waals surface area contributed by atoms with E-state index >= 15 is 0 Å². The first-order valence-electron chi connectivity index (χ1n) is 10.2. The molecule has 0 aliphatic carbocycles. The molecule has 0 N–H and O–H groups in total. The molecule has 174 valence electrons. The lowest BCUT2D eigenvalue weighted by Crippen LogP contribution is -2.32. The van der Waals surface area contributed by atoms with Crippen LogP contribution in [0.4, 0.5) is 13.6 Å². The molecule has 2 amide bonds. The first-order chi connectivity index (χ1) is 16.4. The van der Waals surface area contributed by atoms with E-state index in [1.807, 2.05) is 0 Å². The number of amides is 2. The maximum Gasteiger partial charge on any atom is 0.293 e. The van der Waals surface area contributed by atoms with Crippen molar-refractivity contribution in [1.82, 2.24) is 4.90 Å². The predicted octanol–water partition coefficient (Wildman–Crippen LogP) is 6.42. The summed E-state index contributed by atoms with van der Waals surface area (Å²) in [5, 5.41) is -0.378. The van der Waals surface area contributed by atoms with Gasteiger partial charge in [-0.15, -0.1) is 0 Å². The maximum atomic E-state index is 13.0. The number of ether oxygens (including phenoxy) is 2. The van der Waals surface area contributed by atoms with Crippen LogP contribution in [-0.4, -0.2) is 29.2 Å². The molecule has 0 saturated carbocycles. The normalized spacial score (nSPS) is 14.7. The molecule has 3 aromatic carbocycles. The van der Waals surface area contributed by atoms with Gasteiger partial charge in [-0.1, -0.05) is 18.2 Å². The zero-order valence-corrected chi connectivity index (χ0v) is 20.1. The van der Waals surface area contributed by atoms with Crippen LogP contribution in [0.3, 0.4) is 0 Å². The molecule has 0 spiro atoms. The molecule has 0 aromatic heterocycles. The summed E-state index contributed by atoms with van der Waals surface area (Å²) < 4.78 is 37.9. The van der Waals surface area contributed by atoms with E-state index in [9.17, 15) is 18.4 Å². The van der Waals surface area contributed by atoms with Crippen molar-refractivity contribution in [2.24, 2.45) is 0 Å². The molecule has 34 heavy (non-hydrogen) atoms. The summed E-state index contributed by atoms with van der Waals surface area (Å²) in [4.78, 5) is 26.4. The number of nitrogens with zero attached hydrogens (tertiary/aromatic N) is 1. The van der Waals surface area contributed by atoms with Crippen LogP contribution in [0.2, 0.25) is 0 Å². The average molecular weight is 546 g/mol. The van der Waals surface area contributed by atoms with Gasteiger partial charge in [0.1, 0.15) is 36.3 Å². The molecule has 9 heteroatoms. The summed E-state index contributed by atoms with van der Waals surface area (Å²) in [5.74, 6) is -0.0323. The van der Waals surface area contributed by atoms with Crippen LogP contribution in [-0.2, 0) is 11.4 Å². The fourth-order valence-corrected chi connectivity index (χ4v) is 4.47. The molecule has 1 heterocycles. The van der Waals surface area contributed by atoms with E-state index in [0.29, 0.717) is 26.4 Å². The fraction of sp³-hybridized carbons (Fsp3) is 0.120. The summed E-state index contributed by atoms with van der Waals surface area (Å²) in [5.41, 5.74) is 1.54. The Morgan fingerprint density at radius 3 is 2.26 bits per heavy atom. The standard InChI is InChI=1S/C25H18BrF2NO4S/c26-21-13-17(3-10-22(21)33-15-16-1-4-18(27)5-2-16)14-23-24(30)29(25(31)34-23)11-12-32-20-8-6-19(28)7-9-20/h1-10,13-14H,11-12,15H2/b23-14-. The van der Waals surface area contributed by atoms with Gasteiger partial charge in [-0.25, -0.2) is 8.78 Å². The van der Waals surface area contributed by atoms with Crippen molar-refractivity contribution < 1.29 is 27.8 Å². The Labute approximate surface area is 207 Å². The van der Waals surface area contributed by atoms with Gasteiger partial charge in [0.05, 0.1) is 15.9 Å². The van der Waals surface area contributed by atoms with Crippen LogP contribution in [0.25, 0.3) is 6.08 Å². The summed E-state index contributed by atoms with van der Waals surface area (Å²) in [6.07, 6.45) is 1.64. The summed E-state index contributed by atoms with van der Waals surface area (Å²) in [6.45, 7) is 0.457. The lowest BCUT2D eigenvalue weighted by molar-refractivity contribution is -0.123. The molecule has 5 nitrogen and oxygen atoms in total. The van der Waals surface area contributed by atoms with E-state index in [1.54, 1.807) is 36.4 Å². The number of carbonyl (C=O) groups is 2. The second kappa shape index (κ2) is 10.8. The van der Waals surface area contributed by atoms with Gasteiger partial charge in [0, 0.05) is 0 Å². The quantitative estimate of drug-likeness (QED) is 0.305. The second-order valence-electron chi connectivity index (χ2n) is 7.24. The number of thioether (sulfide) groups is 1. The third-order valence-corrected chi connectivity index (χ3v) is 6.36. The molecule has 4 rings (SSSR count). The van der Waals surface area contributed by atoms with Gasteiger partial charge in [-0.3, -0.25) is 14.5 Å². The highest BCUT2D eigenvalue weighted by Gasteiger charge is 2.34. The maximum absolute atomic E-state index is 13.0. The summed E-state index contributed by atoms with van der Waals surface area (Å²) in [7, 11) is 0. The molecule has 0 atom stereocenters. The number of benzene rings is 3. The van der Waals surface area contributed by atoms with Gasteiger partial charge >= 0.3 is 0 Å². The minimum atomic E-state index is -0.398. The lowest BCUT2D eigenvalue weighted by Gasteiger charge is -2.13. The SMILES string of the molecule is O=C1S/C(=C\c2ccc(OCc3ccc(F)cc3)c(Br)c2)C(=O)N1CCOc1ccc(F)cc1. The minimum absolute atomic E-state index is 0.0826. The van der Waals surface area contributed by atoms with Crippen molar-refractivity contribution in [2.45, 2.75) is 6.61 Å². The average Bonchev–Trinajstić information content (AvgIpc) is 3.08. The van der Waals surface area contributed by atoms with Crippen LogP contribution >= 0.6 is 27.7 Å². The summed E-state index contributed by atoms with van der Waals surface area (Å²) in [6, 6.07) is 16.9. The van der Waals surface area contributed by atoms with Gasteiger partial charge in [-0.05, 0) is 93.4 Å². The van der Waals surface area contributed by atoms with E-state index in [2.05, 4.69) is 15.9 Å². The van der Waals surface area contributed by atoms with Crippen LogP contribution in [0.5, 0.6) is 11.5 Å². The van der Waals surface area contributed by atoms with Gasteiger partial charge in [-0.2, -0.15) is 0 Å². The number of imide groups is 1. The second-order valence-corrected chi connectivity index (χ2v) is 9.09. The molecule has 1 saturated heterocycles. The van der Waals surface area contributed by atoms with Gasteiger partial charge in [0.15, 0.2) is 0 Å². The van der Waals surface area contributed by atoms with Crippen molar-refractivity contribution in [3.05, 3.63) is 98.9 Å². The fourth-order valence-electron chi connectivity index (χ4n) is 3.10. The Bertz CT molecular complexity index is 1230. The third kappa shape index (κ3) is 6.03. The van der Waals surface area contributed by atoms with Crippen molar-refractivity contribution >= 4 is 44.9 Å². The van der Waals surface area contributed by atoms with Crippen molar-refractivity contribution in [3.63, 3.8) is 0 Å². The summed E-state index contributed by atoms with van der Waals surface area (Å²) >= 11 is 4.32. The topological polar surface area (TPSA) is 55.8 Å². The molecule has 1 aliphatic heterocycles. The molecule has 1 fully saturated rings. The minimum Gasteiger partial charge on any atom is -0.492 e. The van der Waals surface area contributed by atoms with E-state index in [0.717, 1.165) is 22.2 Å². The Kier molecular flexibility index (Phi) is 7.64. The van der Waals surface area contributed by atoms with Crippen molar-refractivity contribution in [2.75, 3.05) is 13.2 Å². The predicted molar refractivity (Wildman–Crippen MR) is 129 cm³/mol. The lowest BCUT2D eigenvalue weighted by atomic mass is 10.2. The van der Waals surface area contributed by atoms with Crippen LogP contribution in [0.15, 0.2) is 76.1 Å². The van der Waals surface area contributed by atoms with E-state index in [-0.39, 0.29) is 36.6 Å². The number of hydrogen-bond acceptors (Lipinski definition) is 5. The number of hydrogen-bond donors (Lipinski definition) is 0. The van der Waals surface area contributed by atoms with Crippen molar-refractivity contribution in [1.29, 1.82) is 0 Å². The van der Waals surface area contributed by atoms with Crippen LogP contribution in [0.1, 0.15) is 11.1 Å². The van der Waals surface area contributed by atoms with Crippen LogP contribution < -0.4 is 9.47 Å². The molecule has 0 unspecified atom stereocenters. The third-order valence-electron chi connectivity index (χ3n) is 4.83. The Morgan fingerprint density at radius 2 is 1.59 bits per heavy atom. The molecule has 0 radical (unpaired) electrons. The first-order valence-corrected chi connectivity index (χ1v) is 11.8. The Hall–Kier alpha value is -3.17. The highest BCUT2D eigenvalue weighted by molar-refractivity contribution is 9.10. The smallest absolute Gasteiger partial charge is 0.293 e. The monoisotopic (exact) mass is 545 g/mol. The zero-order valence-electron chi connectivity index (χ0n) is 17.7. The van der Waals surface area contributed by atoms with Gasteiger partial charge in [0.25, 0.3) is 11.1 Å². The molecular formula is C25H18BrF2NO4S. The van der Waals surface area contributed by atoms with Gasteiger partial charge in [0.2, 0.25) is 0 Å². The number of rotatable bonds is 8. The van der Waals surface area contributed by atoms with Gasteiger partial charge < -0.3 is 9.47 Å².